The summed E-state index contributed by atoms with van der Waals surface area (Å²) >= 11 is 0. The highest BCUT2D eigenvalue weighted by atomic mass is 16.7. The Balaban J connectivity index is 1.55. The largest absolute Gasteiger partial charge is 0.468 e. The second kappa shape index (κ2) is 9.46. The second-order valence-electron chi connectivity index (χ2n) is 10.3. The summed E-state index contributed by atoms with van der Waals surface area (Å²) in [6, 6.07) is 18.9. The Morgan fingerprint density at radius 1 is 1.03 bits per heavy atom. The minimum atomic E-state index is -0.590. The average molecular weight is 513 g/mol. The summed E-state index contributed by atoms with van der Waals surface area (Å²) in [6.07, 6.45) is 1.65. The lowest BCUT2D eigenvalue weighted by Crippen LogP contribution is -2.37. The smallest absolute Gasteiger partial charge is 0.253 e. The SMILES string of the molecule is CC(C)(C)n1nnnc1[C@H](c1cc2cc3c(cc2[nH]c1=O)OCO3)N(Cc1ccccc1)Cc1ccco1. The first-order chi connectivity index (χ1) is 18.4. The van der Waals surface area contributed by atoms with Gasteiger partial charge >= 0.3 is 0 Å². The number of benzene rings is 2. The molecule has 0 bridgehead atoms. The maximum atomic E-state index is 13.7. The molecular weight excluding hydrogens is 484 g/mol. The van der Waals surface area contributed by atoms with Crippen LogP contribution in [0.2, 0.25) is 0 Å². The number of hydrogen-bond donors (Lipinski definition) is 1. The number of tetrazole rings is 1. The molecule has 4 heterocycles. The van der Waals surface area contributed by atoms with E-state index in [9.17, 15) is 4.79 Å². The van der Waals surface area contributed by atoms with Crippen molar-refractivity contribution in [1.29, 1.82) is 0 Å². The lowest BCUT2D eigenvalue weighted by Gasteiger charge is -2.32. The van der Waals surface area contributed by atoms with Crippen molar-refractivity contribution in [3.05, 3.63) is 100.0 Å². The van der Waals surface area contributed by atoms with Gasteiger partial charge in [-0.1, -0.05) is 30.3 Å². The highest BCUT2D eigenvalue weighted by Gasteiger charge is 2.34. The maximum Gasteiger partial charge on any atom is 0.253 e. The fraction of sp³-hybridized carbons (Fsp3) is 0.286. The summed E-state index contributed by atoms with van der Waals surface area (Å²) in [4.78, 5) is 18.9. The molecule has 5 aromatic rings. The van der Waals surface area contributed by atoms with Crippen molar-refractivity contribution in [3.63, 3.8) is 0 Å². The molecule has 0 fully saturated rings. The molecule has 0 spiro atoms. The summed E-state index contributed by atoms with van der Waals surface area (Å²) in [5, 5.41) is 13.6. The maximum absolute atomic E-state index is 13.7. The summed E-state index contributed by atoms with van der Waals surface area (Å²) < 4.78 is 18.6. The van der Waals surface area contributed by atoms with Gasteiger partial charge in [0.15, 0.2) is 17.3 Å². The van der Waals surface area contributed by atoms with E-state index in [-0.39, 0.29) is 12.4 Å². The third kappa shape index (κ3) is 4.54. The van der Waals surface area contributed by atoms with Gasteiger partial charge in [-0.25, -0.2) is 4.68 Å². The van der Waals surface area contributed by atoms with Crippen molar-refractivity contribution < 1.29 is 13.9 Å². The van der Waals surface area contributed by atoms with Crippen LogP contribution in [-0.2, 0) is 18.6 Å². The summed E-state index contributed by atoms with van der Waals surface area (Å²) in [5.74, 6) is 2.58. The molecule has 6 rings (SSSR count). The van der Waals surface area contributed by atoms with E-state index in [0.717, 1.165) is 16.7 Å². The zero-order chi connectivity index (χ0) is 26.3. The first-order valence-electron chi connectivity index (χ1n) is 12.4. The van der Waals surface area contributed by atoms with E-state index in [0.29, 0.717) is 41.5 Å². The number of fused-ring (bicyclic) bond motifs is 2. The Bertz CT molecular complexity index is 1620. The number of hydrogen-bond acceptors (Lipinski definition) is 8. The van der Waals surface area contributed by atoms with Gasteiger partial charge in [0.1, 0.15) is 11.8 Å². The van der Waals surface area contributed by atoms with Gasteiger partial charge in [0.2, 0.25) is 6.79 Å². The Hall–Kier alpha value is -4.44. The van der Waals surface area contributed by atoms with Crippen molar-refractivity contribution in [2.75, 3.05) is 6.79 Å². The number of H-pyrrole nitrogens is 1. The zero-order valence-electron chi connectivity index (χ0n) is 21.4. The molecule has 1 aliphatic rings. The predicted octanol–water partition coefficient (Wildman–Crippen LogP) is 4.38. The van der Waals surface area contributed by atoms with E-state index < -0.39 is 11.6 Å². The fourth-order valence-electron chi connectivity index (χ4n) is 4.82. The second-order valence-corrected chi connectivity index (χ2v) is 10.3. The monoisotopic (exact) mass is 512 g/mol. The molecule has 2 aromatic carbocycles. The molecular formula is C28H28N6O4. The molecule has 3 aromatic heterocycles. The van der Waals surface area contributed by atoms with Gasteiger partial charge < -0.3 is 18.9 Å². The average Bonchev–Trinajstić information content (AvgIpc) is 3.66. The van der Waals surface area contributed by atoms with Gasteiger partial charge in [0.25, 0.3) is 5.56 Å². The standard InChI is InChI=1S/C28H28N6O4/c1-28(2,3)34-26(30-31-32-34)25(33(16-20-10-7-11-36-20)15-18-8-5-4-6-9-18)21-12-19-13-23-24(38-17-37-23)14-22(19)29-27(21)35/h4-14,25H,15-17H2,1-3H3,(H,29,35)/t25-/m0/s1. The lowest BCUT2D eigenvalue weighted by atomic mass is 10.0. The molecule has 0 saturated heterocycles. The molecule has 1 N–H and O–H groups in total. The van der Waals surface area contributed by atoms with Crippen LogP contribution >= 0.6 is 0 Å². The predicted molar refractivity (Wildman–Crippen MR) is 140 cm³/mol. The van der Waals surface area contributed by atoms with E-state index in [4.69, 9.17) is 13.9 Å². The van der Waals surface area contributed by atoms with E-state index in [1.807, 2.05) is 63.2 Å². The van der Waals surface area contributed by atoms with Gasteiger partial charge in [0, 0.05) is 23.6 Å². The molecule has 0 aliphatic carbocycles. The van der Waals surface area contributed by atoms with Crippen molar-refractivity contribution >= 4 is 10.9 Å². The summed E-state index contributed by atoms with van der Waals surface area (Å²) in [7, 11) is 0. The number of nitrogens with one attached hydrogen (secondary N) is 1. The minimum Gasteiger partial charge on any atom is -0.468 e. The summed E-state index contributed by atoms with van der Waals surface area (Å²) in [5.41, 5.74) is 1.61. The number of furan rings is 1. The van der Waals surface area contributed by atoms with Crippen molar-refractivity contribution in [1.82, 2.24) is 30.1 Å². The highest BCUT2D eigenvalue weighted by Crippen LogP contribution is 2.37. The van der Waals surface area contributed by atoms with Crippen LogP contribution in [0.4, 0.5) is 0 Å². The van der Waals surface area contributed by atoms with Crippen LogP contribution < -0.4 is 15.0 Å². The zero-order valence-corrected chi connectivity index (χ0v) is 21.4. The topological polar surface area (TPSA) is 111 Å². The molecule has 0 unspecified atom stereocenters. The fourth-order valence-corrected chi connectivity index (χ4v) is 4.82. The van der Waals surface area contributed by atoms with E-state index >= 15 is 0 Å². The Morgan fingerprint density at radius 2 is 1.82 bits per heavy atom. The van der Waals surface area contributed by atoms with Gasteiger partial charge in [-0.15, -0.1) is 5.10 Å². The van der Waals surface area contributed by atoms with Crippen molar-refractivity contribution in [2.45, 2.75) is 45.4 Å². The van der Waals surface area contributed by atoms with Gasteiger partial charge in [0.05, 0.1) is 23.9 Å². The third-order valence-corrected chi connectivity index (χ3v) is 6.57. The molecule has 194 valence electrons. The first-order valence-corrected chi connectivity index (χ1v) is 12.4. The van der Waals surface area contributed by atoms with Crippen molar-refractivity contribution in [2.24, 2.45) is 0 Å². The lowest BCUT2D eigenvalue weighted by molar-refractivity contribution is 0.171. The van der Waals surface area contributed by atoms with Crippen LogP contribution in [0.1, 0.15) is 49.5 Å². The normalized spacial score (nSPS) is 13.9. The van der Waals surface area contributed by atoms with Crippen molar-refractivity contribution in [3.8, 4) is 11.5 Å². The molecule has 0 saturated carbocycles. The number of pyridine rings is 1. The van der Waals surface area contributed by atoms with E-state index in [1.165, 1.54) is 0 Å². The van der Waals surface area contributed by atoms with Crippen LogP contribution in [-0.4, -0.2) is 36.9 Å². The van der Waals surface area contributed by atoms with E-state index in [2.05, 4.69) is 37.5 Å². The van der Waals surface area contributed by atoms with E-state index in [1.54, 1.807) is 17.0 Å². The number of aromatic nitrogens is 5. The Kier molecular flexibility index (Phi) is 5.96. The molecule has 38 heavy (non-hydrogen) atoms. The Labute approximate surface area is 218 Å². The van der Waals surface area contributed by atoms with Crippen LogP contribution in [0.5, 0.6) is 11.5 Å². The molecule has 10 heteroatoms. The van der Waals surface area contributed by atoms with Gasteiger partial charge in [-0.3, -0.25) is 9.69 Å². The van der Waals surface area contributed by atoms with Crippen LogP contribution in [0.3, 0.4) is 0 Å². The minimum absolute atomic E-state index is 0.153. The Morgan fingerprint density at radius 3 is 2.55 bits per heavy atom. The highest BCUT2D eigenvalue weighted by molar-refractivity contribution is 5.83. The number of rotatable bonds is 7. The van der Waals surface area contributed by atoms with Gasteiger partial charge in [-0.2, -0.15) is 0 Å². The number of aromatic amines is 1. The first kappa shape index (κ1) is 23.9. The quantitative estimate of drug-likeness (QED) is 0.342. The van der Waals surface area contributed by atoms with Crippen LogP contribution in [0.15, 0.2) is 76.1 Å². The number of nitrogens with zero attached hydrogens (tertiary/aromatic N) is 5. The molecule has 0 amide bonds. The third-order valence-electron chi connectivity index (χ3n) is 6.57. The molecule has 0 radical (unpaired) electrons. The molecule has 1 aliphatic heterocycles. The molecule has 10 nitrogen and oxygen atoms in total. The summed E-state index contributed by atoms with van der Waals surface area (Å²) in [6.45, 7) is 7.21. The van der Waals surface area contributed by atoms with Gasteiger partial charge in [-0.05, 0) is 61.0 Å². The van der Waals surface area contributed by atoms with Crippen LogP contribution in [0, 0.1) is 0 Å². The molecule has 1 atom stereocenters. The number of ether oxygens (including phenoxy) is 2. The van der Waals surface area contributed by atoms with Crippen LogP contribution in [0.25, 0.3) is 10.9 Å².